The molecule has 108 valence electrons. The molecule has 0 aromatic carbocycles. The first-order valence-corrected chi connectivity index (χ1v) is 8.08. The van der Waals surface area contributed by atoms with Crippen LogP contribution >= 0.6 is 0 Å². The van der Waals surface area contributed by atoms with E-state index in [1.165, 1.54) is 64.3 Å². The van der Waals surface area contributed by atoms with Gasteiger partial charge in [0.2, 0.25) is 0 Å². The van der Waals surface area contributed by atoms with Crippen LogP contribution in [0.5, 0.6) is 0 Å². The molecule has 2 heteroatoms. The average Bonchev–Trinajstić information content (AvgIpc) is 2.61. The third-order valence-corrected chi connectivity index (χ3v) is 4.73. The molecule has 1 unspecified atom stereocenters. The van der Waals surface area contributed by atoms with E-state index in [9.17, 15) is 0 Å². The minimum absolute atomic E-state index is 0.404. The second kappa shape index (κ2) is 8.16. The molecular weight excluding hydrogens is 220 g/mol. The molecule has 0 aromatic rings. The van der Waals surface area contributed by atoms with Crippen LogP contribution in [-0.2, 0) is 0 Å². The van der Waals surface area contributed by atoms with Gasteiger partial charge in [-0.05, 0) is 46.3 Å². The summed E-state index contributed by atoms with van der Waals surface area (Å²) < 4.78 is 0. The molecule has 0 saturated heterocycles. The molecule has 1 atom stereocenters. The first-order valence-electron chi connectivity index (χ1n) is 8.08. The number of nitrogens with zero attached hydrogens (tertiary/aromatic N) is 1. The topological polar surface area (TPSA) is 15.3 Å². The fourth-order valence-corrected chi connectivity index (χ4v) is 3.62. The van der Waals surface area contributed by atoms with Gasteiger partial charge in [-0.1, -0.05) is 46.0 Å². The zero-order valence-corrected chi connectivity index (χ0v) is 13.1. The molecule has 0 aliphatic heterocycles. The summed E-state index contributed by atoms with van der Waals surface area (Å²) in [6.07, 6.45) is 12.3. The van der Waals surface area contributed by atoms with Crippen LogP contribution in [0.2, 0.25) is 0 Å². The highest BCUT2D eigenvalue weighted by Gasteiger charge is 2.39. The van der Waals surface area contributed by atoms with Crippen molar-refractivity contribution in [3.8, 4) is 0 Å². The normalized spacial score (nSPS) is 21.8. The quantitative estimate of drug-likeness (QED) is 0.695. The van der Waals surface area contributed by atoms with E-state index in [2.05, 4.69) is 38.2 Å². The third kappa shape index (κ3) is 3.96. The largest absolute Gasteiger partial charge is 0.312 e. The predicted octanol–water partition coefficient (Wildman–Crippen LogP) is 3.81. The van der Waals surface area contributed by atoms with E-state index in [4.69, 9.17) is 0 Å². The maximum absolute atomic E-state index is 3.85. The van der Waals surface area contributed by atoms with Gasteiger partial charge in [0.1, 0.15) is 0 Å². The third-order valence-electron chi connectivity index (χ3n) is 4.73. The highest BCUT2D eigenvalue weighted by molar-refractivity contribution is 4.99. The van der Waals surface area contributed by atoms with E-state index < -0.39 is 0 Å². The number of rotatable bonds is 7. The molecule has 1 N–H and O–H groups in total. The van der Waals surface area contributed by atoms with Gasteiger partial charge in [-0.2, -0.15) is 0 Å². The van der Waals surface area contributed by atoms with E-state index in [1.807, 2.05) is 0 Å². The predicted molar refractivity (Wildman–Crippen MR) is 81.1 cm³/mol. The lowest BCUT2D eigenvalue weighted by molar-refractivity contribution is 0.0759. The molecule has 1 aliphatic carbocycles. The fourth-order valence-electron chi connectivity index (χ4n) is 3.62. The summed E-state index contributed by atoms with van der Waals surface area (Å²) in [4.78, 5) is 2.53. The first kappa shape index (κ1) is 16.0. The lowest BCUT2D eigenvalue weighted by Gasteiger charge is -2.46. The van der Waals surface area contributed by atoms with Gasteiger partial charge in [0.25, 0.3) is 0 Å². The molecule has 0 amide bonds. The van der Waals surface area contributed by atoms with Crippen LogP contribution in [0.15, 0.2) is 0 Å². The van der Waals surface area contributed by atoms with E-state index in [0.717, 1.165) is 0 Å². The van der Waals surface area contributed by atoms with Gasteiger partial charge < -0.3 is 10.2 Å². The summed E-state index contributed by atoms with van der Waals surface area (Å²) in [6.45, 7) is 5.76. The van der Waals surface area contributed by atoms with Gasteiger partial charge >= 0.3 is 0 Å². The van der Waals surface area contributed by atoms with E-state index in [1.54, 1.807) is 0 Å². The van der Waals surface area contributed by atoms with Crippen molar-refractivity contribution in [2.45, 2.75) is 83.2 Å². The van der Waals surface area contributed by atoms with Gasteiger partial charge in [0.15, 0.2) is 0 Å². The monoisotopic (exact) mass is 254 g/mol. The van der Waals surface area contributed by atoms with Gasteiger partial charge in [0.05, 0.1) is 0 Å². The van der Waals surface area contributed by atoms with Crippen LogP contribution in [0, 0.1) is 0 Å². The van der Waals surface area contributed by atoms with Crippen molar-refractivity contribution in [3.63, 3.8) is 0 Å². The van der Waals surface area contributed by atoms with Crippen LogP contribution in [0.4, 0.5) is 0 Å². The molecule has 0 heterocycles. The zero-order chi connectivity index (χ0) is 13.4. The number of nitrogens with one attached hydrogen (secondary N) is 1. The second-order valence-electron chi connectivity index (χ2n) is 6.21. The van der Waals surface area contributed by atoms with Gasteiger partial charge in [-0.15, -0.1) is 0 Å². The highest BCUT2D eigenvalue weighted by atomic mass is 15.2. The summed E-state index contributed by atoms with van der Waals surface area (Å²) in [7, 11) is 4.59. The van der Waals surface area contributed by atoms with Gasteiger partial charge in [0, 0.05) is 11.6 Å². The number of hydrogen-bond acceptors (Lipinski definition) is 2. The minimum atomic E-state index is 0.404. The summed E-state index contributed by atoms with van der Waals surface area (Å²) in [5.74, 6) is 0. The van der Waals surface area contributed by atoms with Crippen LogP contribution in [-0.4, -0.2) is 37.1 Å². The molecule has 0 spiro atoms. The molecule has 1 fully saturated rings. The summed E-state index contributed by atoms with van der Waals surface area (Å²) >= 11 is 0. The Bertz CT molecular complexity index is 205. The molecule has 1 saturated carbocycles. The van der Waals surface area contributed by atoms with Crippen LogP contribution < -0.4 is 5.32 Å². The van der Waals surface area contributed by atoms with Crippen molar-refractivity contribution in [3.05, 3.63) is 0 Å². The molecule has 0 aromatic heterocycles. The van der Waals surface area contributed by atoms with Gasteiger partial charge in [-0.25, -0.2) is 0 Å². The smallest absolute Gasteiger partial charge is 0.0356 e. The zero-order valence-electron chi connectivity index (χ0n) is 13.1. The molecule has 1 aliphatic rings. The maximum Gasteiger partial charge on any atom is 0.0356 e. The Morgan fingerprint density at radius 3 is 2.06 bits per heavy atom. The Morgan fingerprint density at radius 1 is 1.00 bits per heavy atom. The first-order chi connectivity index (χ1) is 8.67. The lowest BCUT2D eigenvalue weighted by atomic mass is 9.79. The Labute approximate surface area is 115 Å². The molecule has 0 radical (unpaired) electrons. The van der Waals surface area contributed by atoms with Crippen molar-refractivity contribution in [1.82, 2.24) is 10.2 Å². The van der Waals surface area contributed by atoms with Crippen molar-refractivity contribution in [1.29, 1.82) is 0 Å². The molecule has 18 heavy (non-hydrogen) atoms. The van der Waals surface area contributed by atoms with Crippen LogP contribution in [0.1, 0.15) is 71.6 Å². The molecule has 0 bridgehead atoms. The van der Waals surface area contributed by atoms with E-state index >= 15 is 0 Å². The summed E-state index contributed by atoms with van der Waals surface area (Å²) in [5.41, 5.74) is 0.404. The fraction of sp³-hybridized carbons (Fsp3) is 1.00. The SMILES string of the molecule is CCCNC(CCC)C1(N(C)C)CCCCCC1. The minimum Gasteiger partial charge on any atom is -0.312 e. The molecule has 2 nitrogen and oxygen atoms in total. The Balaban J connectivity index is 2.81. The highest BCUT2D eigenvalue weighted by Crippen LogP contribution is 2.35. The maximum atomic E-state index is 3.85. The summed E-state index contributed by atoms with van der Waals surface area (Å²) in [5, 5.41) is 3.85. The van der Waals surface area contributed by atoms with Crippen molar-refractivity contribution >= 4 is 0 Å². The lowest BCUT2D eigenvalue weighted by Crippen LogP contribution is -2.59. The van der Waals surface area contributed by atoms with E-state index in [0.29, 0.717) is 11.6 Å². The van der Waals surface area contributed by atoms with Crippen LogP contribution in [0.3, 0.4) is 0 Å². The Hall–Kier alpha value is -0.0800. The van der Waals surface area contributed by atoms with E-state index in [-0.39, 0.29) is 0 Å². The average molecular weight is 254 g/mol. The Morgan fingerprint density at radius 2 is 1.61 bits per heavy atom. The van der Waals surface area contributed by atoms with Gasteiger partial charge in [-0.3, -0.25) is 0 Å². The van der Waals surface area contributed by atoms with Crippen molar-refractivity contribution in [2.24, 2.45) is 0 Å². The second-order valence-corrected chi connectivity index (χ2v) is 6.21. The molecule has 1 rings (SSSR count). The summed E-state index contributed by atoms with van der Waals surface area (Å²) in [6, 6.07) is 0.676. The Kier molecular flexibility index (Phi) is 7.25. The van der Waals surface area contributed by atoms with Crippen molar-refractivity contribution in [2.75, 3.05) is 20.6 Å². The van der Waals surface area contributed by atoms with Crippen LogP contribution in [0.25, 0.3) is 0 Å². The number of likely N-dealkylation sites (N-methyl/N-ethyl adjacent to an activating group) is 1. The van der Waals surface area contributed by atoms with Crippen molar-refractivity contribution < 1.29 is 0 Å². The number of hydrogen-bond donors (Lipinski definition) is 1. The molecular formula is C16H34N2. The standard InChI is InChI=1S/C16H34N2/c1-5-11-15(17-14-6-2)16(18(3)4)12-9-7-8-10-13-16/h15,17H,5-14H2,1-4H3.